The maximum absolute atomic E-state index is 13.5. The van der Waals surface area contributed by atoms with Gasteiger partial charge in [0.05, 0.1) is 72.4 Å². The molecule has 0 radical (unpaired) electrons. The Bertz CT molecular complexity index is 2880. The SMILES string of the molecule is C.CC(C)C(=O)OC[C@]1(CO)C/C1=C/n1cc(F)c(N)nc1=O.CC(C)C(=O)OC[C@]1(COP(=O)(O)O)C/C1=C/n1cc(F)c(N)nc1=O.CC(C)C(=O)OC[C@]1(COP(=O)(O)O)C/C1=C/n1cc(F)c(N)nc1=O.[Li+].[Li+]. The summed E-state index contributed by atoms with van der Waals surface area (Å²) in [5.74, 6) is -6.55. The number of hydrogen-bond acceptors (Lipinski definition) is 20. The first-order valence-corrected chi connectivity index (χ1v) is 25.0. The van der Waals surface area contributed by atoms with Crippen LogP contribution in [0.25, 0.3) is 18.6 Å². The molecule has 3 aliphatic rings. The van der Waals surface area contributed by atoms with Crippen LogP contribution in [0, 0.1) is 51.5 Å². The first-order valence-electron chi connectivity index (χ1n) is 21.9. The zero-order valence-corrected chi connectivity index (χ0v) is 44.3. The maximum atomic E-state index is 13.5. The number of carbonyl (C=O) groups excluding carboxylic acids is 3. The Morgan fingerprint density at radius 1 is 0.571 bits per heavy atom. The van der Waals surface area contributed by atoms with Gasteiger partial charge < -0.3 is 56.1 Å². The molecule has 77 heavy (non-hydrogen) atoms. The normalized spacial score (nSPS) is 20.7. The van der Waals surface area contributed by atoms with Crippen molar-refractivity contribution < 1.29 is 122 Å². The third-order valence-electron chi connectivity index (χ3n) is 11.1. The molecule has 3 atom stereocenters. The summed E-state index contributed by atoms with van der Waals surface area (Å²) in [6, 6.07) is 0. The van der Waals surface area contributed by atoms with Crippen molar-refractivity contribution in [2.75, 3.05) is 56.8 Å². The third kappa shape index (κ3) is 20.2. The number of esters is 3. The smallest absolute Gasteiger partial charge is 0.464 e. The molecule has 0 saturated heterocycles. The van der Waals surface area contributed by atoms with Crippen LogP contribution < -0.4 is 72.0 Å². The average Bonchev–Trinajstić information content (AvgIpc) is 4.26. The summed E-state index contributed by atoms with van der Waals surface area (Å²) in [7, 11) is -9.49. The van der Waals surface area contributed by atoms with E-state index in [1.54, 1.807) is 41.5 Å². The van der Waals surface area contributed by atoms with E-state index in [-0.39, 0.29) is 108 Å². The van der Waals surface area contributed by atoms with Gasteiger partial charge in [0.1, 0.15) is 19.8 Å². The molecule has 3 fully saturated rings. The van der Waals surface area contributed by atoms with Gasteiger partial charge in [-0.15, -0.1) is 0 Å². The monoisotopic (exact) mass is 1120 g/mol. The Kier molecular flexibility index (Phi) is 25.5. The second-order valence-corrected chi connectivity index (χ2v) is 20.8. The van der Waals surface area contributed by atoms with Gasteiger partial charge >= 0.3 is 88.3 Å². The van der Waals surface area contributed by atoms with E-state index in [1.807, 2.05) is 0 Å². The summed E-state index contributed by atoms with van der Waals surface area (Å²) in [6.45, 7) is 8.46. The minimum absolute atomic E-state index is 0. The van der Waals surface area contributed by atoms with Gasteiger partial charge in [-0.25, -0.2) is 36.7 Å². The van der Waals surface area contributed by atoms with Crippen molar-refractivity contribution in [3.63, 3.8) is 0 Å². The van der Waals surface area contributed by atoms with E-state index in [4.69, 9.17) is 51.0 Å². The molecule has 416 valence electrons. The molecule has 34 heteroatoms. The second-order valence-electron chi connectivity index (χ2n) is 18.3. The number of halogens is 3. The van der Waals surface area contributed by atoms with Crippen molar-refractivity contribution >= 4 is 69.6 Å². The van der Waals surface area contributed by atoms with Crippen molar-refractivity contribution in [2.24, 2.45) is 34.0 Å². The molecule has 3 saturated carbocycles. The number of rotatable bonds is 19. The van der Waals surface area contributed by atoms with E-state index in [0.29, 0.717) is 23.1 Å². The molecule has 3 aromatic rings. The fourth-order valence-electron chi connectivity index (χ4n) is 6.21. The van der Waals surface area contributed by atoms with Crippen LogP contribution in [0.2, 0.25) is 0 Å². The van der Waals surface area contributed by atoms with E-state index in [0.717, 1.165) is 32.3 Å². The number of ether oxygens (including phenoxy) is 3. The number of nitrogens with two attached hydrogens (primary N) is 3. The maximum Gasteiger partial charge on any atom is 1.00 e. The van der Waals surface area contributed by atoms with Gasteiger partial charge in [-0.3, -0.25) is 37.1 Å². The first-order chi connectivity index (χ1) is 34.2. The molecule has 11 N–H and O–H groups in total. The Morgan fingerprint density at radius 2 is 0.818 bits per heavy atom. The van der Waals surface area contributed by atoms with Crippen LogP contribution in [0.4, 0.5) is 30.6 Å². The predicted octanol–water partition coefficient (Wildman–Crippen LogP) is -3.96. The fraction of sp³-hybridized carbons (Fsp3) is 0.512. The Balaban J connectivity index is 0.000000569. The van der Waals surface area contributed by atoms with Crippen LogP contribution in [0.15, 0.2) is 49.7 Å². The van der Waals surface area contributed by atoms with E-state index in [9.17, 15) is 56.2 Å². The predicted molar refractivity (Wildman–Crippen MR) is 260 cm³/mol. The van der Waals surface area contributed by atoms with Crippen LogP contribution in [0.3, 0.4) is 0 Å². The van der Waals surface area contributed by atoms with Gasteiger partial charge in [-0.05, 0) is 36.0 Å². The van der Waals surface area contributed by atoms with Crippen molar-refractivity contribution in [1.82, 2.24) is 28.7 Å². The zero-order valence-electron chi connectivity index (χ0n) is 42.5. The van der Waals surface area contributed by atoms with E-state index in [2.05, 4.69) is 24.0 Å². The van der Waals surface area contributed by atoms with E-state index >= 15 is 0 Å². The van der Waals surface area contributed by atoms with Crippen molar-refractivity contribution in [3.05, 3.63) is 84.2 Å². The number of nitrogens with zero attached hydrogens (tertiary/aromatic N) is 6. The Hall–Kier alpha value is -5.17. The van der Waals surface area contributed by atoms with Gasteiger partial charge in [-0.2, -0.15) is 15.0 Å². The third-order valence-corrected chi connectivity index (χ3v) is 12.1. The van der Waals surface area contributed by atoms with Crippen LogP contribution >= 0.6 is 15.6 Å². The Labute approximate surface area is 461 Å². The van der Waals surface area contributed by atoms with E-state index < -0.39 is 109 Å². The van der Waals surface area contributed by atoms with Crippen LogP contribution in [-0.2, 0) is 46.8 Å². The number of nitrogen functional groups attached to an aromatic ring is 3. The summed E-state index contributed by atoms with van der Waals surface area (Å²) < 4.78 is 89.4. The molecular formula is C43H60F3Li2N9O18P2+2. The van der Waals surface area contributed by atoms with E-state index in [1.165, 1.54) is 18.6 Å². The van der Waals surface area contributed by atoms with Gasteiger partial charge in [0.25, 0.3) is 0 Å². The van der Waals surface area contributed by atoms with Crippen LogP contribution in [-0.4, -0.2) is 111 Å². The summed E-state index contributed by atoms with van der Waals surface area (Å²) in [5, 5.41) is 9.50. The topological polar surface area (TPSA) is 415 Å². The molecule has 0 aromatic carbocycles. The van der Waals surface area contributed by atoms with Gasteiger partial charge in [0, 0.05) is 18.6 Å². The van der Waals surface area contributed by atoms with Gasteiger partial charge in [0.15, 0.2) is 34.9 Å². The summed E-state index contributed by atoms with van der Waals surface area (Å²) in [6.07, 6.45) is 7.42. The standard InChI is InChI=1S/2C14H19FN3O7P.C14H18FN3O4.CH4.2Li/c2*1-8(2)12(19)24-6-14(7-25-26(21,22)23)3-9(14)4-18-5-10(15)11(16)17-13(18)20;1-8(2)12(20)22-7-14(6-19)3-9(14)4-18-5-10(15)11(16)17-13(18)21;;;/h2*4-5,8H,3,6-7H2,1-2H3,(H2,16,17,20)(H2,21,22,23);4-5,8,19H,3,6-7H2,1-2H3,(H2,16,17,21);1H4;;/q;;;;2*+1/b3*9-4-;;;/t3*14-;;;/m001.../s1. The molecule has 3 heterocycles. The molecule has 0 amide bonds. The number of anilines is 3. The number of aliphatic hydroxyl groups excluding tert-OH is 1. The number of carbonyl (C=O) groups is 3. The number of aromatic nitrogens is 6. The zero-order chi connectivity index (χ0) is 55.9. The summed E-state index contributed by atoms with van der Waals surface area (Å²) in [4.78, 5) is 115. The largest absolute Gasteiger partial charge is 1.00 e. The minimum atomic E-state index is -4.75. The average molecular weight is 1120 g/mol. The summed E-state index contributed by atoms with van der Waals surface area (Å²) in [5.41, 5.74) is 12.2. The molecule has 0 aliphatic heterocycles. The number of hydrogen-bond donors (Lipinski definition) is 8. The summed E-state index contributed by atoms with van der Waals surface area (Å²) >= 11 is 0. The van der Waals surface area contributed by atoms with Crippen LogP contribution in [0.1, 0.15) is 68.2 Å². The molecule has 6 rings (SSSR count). The fourth-order valence-corrected chi connectivity index (χ4v) is 7.04. The van der Waals surface area contributed by atoms with Crippen molar-refractivity contribution in [1.29, 1.82) is 0 Å². The minimum Gasteiger partial charge on any atom is -0.464 e. The van der Waals surface area contributed by atoms with Crippen LogP contribution in [0.5, 0.6) is 0 Å². The number of phosphoric ester groups is 2. The number of aliphatic hydroxyl groups is 1. The quantitative estimate of drug-likeness (QED) is 0.0246. The molecule has 0 unspecified atom stereocenters. The molecule has 0 spiro atoms. The molecule has 3 aromatic heterocycles. The molecule has 27 nitrogen and oxygen atoms in total. The van der Waals surface area contributed by atoms with Crippen molar-refractivity contribution in [3.8, 4) is 0 Å². The van der Waals surface area contributed by atoms with Crippen molar-refractivity contribution in [2.45, 2.75) is 68.2 Å². The molecular weight excluding hydrogens is 1060 g/mol. The molecule has 0 bridgehead atoms. The van der Waals surface area contributed by atoms with Gasteiger partial charge in [-0.1, -0.05) is 49.0 Å². The second kappa shape index (κ2) is 28.1. The van der Waals surface area contributed by atoms with Gasteiger partial charge in [0.2, 0.25) is 0 Å². The Morgan fingerprint density at radius 3 is 1.06 bits per heavy atom. The first kappa shape index (κ1) is 69.8. The molecule has 3 aliphatic carbocycles. The number of phosphoric acid groups is 2.